The van der Waals surface area contributed by atoms with E-state index in [0.717, 1.165) is 19.5 Å². The molecule has 0 radical (unpaired) electrons. The Morgan fingerprint density at radius 1 is 1.53 bits per heavy atom. The lowest BCUT2D eigenvalue weighted by Crippen LogP contribution is -2.43. The predicted molar refractivity (Wildman–Crippen MR) is 65.4 cm³/mol. The minimum Gasteiger partial charge on any atom is -0.508 e. The van der Waals surface area contributed by atoms with Crippen LogP contribution in [0.1, 0.15) is 18.4 Å². The fraction of sp³-hybridized carbons (Fsp3) is 0.538. The summed E-state index contributed by atoms with van der Waals surface area (Å²) in [6.45, 7) is 2.57. The topological polar surface area (TPSA) is 35.5 Å². The highest BCUT2D eigenvalue weighted by Gasteiger charge is 2.19. The molecule has 0 spiro atoms. The molecule has 1 aromatic rings. The third-order valence-electron chi connectivity index (χ3n) is 3.35. The molecule has 1 aromatic carbocycles. The van der Waals surface area contributed by atoms with Gasteiger partial charge in [0.25, 0.3) is 0 Å². The third-order valence-corrected chi connectivity index (χ3v) is 3.35. The van der Waals surface area contributed by atoms with Gasteiger partial charge in [0.05, 0.1) is 0 Å². The molecule has 4 heteroatoms. The van der Waals surface area contributed by atoms with Crippen LogP contribution in [0.4, 0.5) is 4.39 Å². The molecule has 2 rings (SSSR count). The van der Waals surface area contributed by atoms with E-state index in [9.17, 15) is 9.50 Å². The van der Waals surface area contributed by atoms with Crippen molar-refractivity contribution in [2.45, 2.75) is 25.4 Å². The van der Waals surface area contributed by atoms with Gasteiger partial charge in [-0.15, -0.1) is 0 Å². The molecule has 94 valence electrons. The second-order valence-corrected chi connectivity index (χ2v) is 4.64. The molecule has 1 atom stereocenters. The molecular weight excluding hydrogens is 219 g/mol. The average molecular weight is 238 g/mol. The maximum Gasteiger partial charge on any atom is 0.123 e. The number of nitrogens with one attached hydrogen (secondary N) is 1. The van der Waals surface area contributed by atoms with Crippen molar-refractivity contribution in [3.63, 3.8) is 0 Å². The van der Waals surface area contributed by atoms with E-state index in [4.69, 9.17) is 0 Å². The van der Waals surface area contributed by atoms with Crippen LogP contribution in [0.3, 0.4) is 0 Å². The van der Waals surface area contributed by atoms with E-state index in [1.54, 1.807) is 0 Å². The number of aromatic hydroxyl groups is 1. The molecule has 0 bridgehead atoms. The van der Waals surface area contributed by atoms with Crippen molar-refractivity contribution in [2.24, 2.45) is 0 Å². The largest absolute Gasteiger partial charge is 0.508 e. The zero-order valence-electron chi connectivity index (χ0n) is 10.1. The summed E-state index contributed by atoms with van der Waals surface area (Å²) in [6, 6.07) is 4.62. The minimum absolute atomic E-state index is 0.179. The molecule has 1 unspecified atom stereocenters. The molecular formula is C13H19FN2O. The minimum atomic E-state index is -0.292. The summed E-state index contributed by atoms with van der Waals surface area (Å²) in [4.78, 5) is 2.25. The van der Waals surface area contributed by atoms with E-state index in [0.29, 0.717) is 18.2 Å². The predicted octanol–water partition coefficient (Wildman–Crippen LogP) is 1.72. The summed E-state index contributed by atoms with van der Waals surface area (Å²) in [5, 5.41) is 12.9. The average Bonchev–Trinajstić information content (AvgIpc) is 2.34. The number of phenols is 1. The fourth-order valence-corrected chi connectivity index (χ4v) is 2.36. The van der Waals surface area contributed by atoms with Gasteiger partial charge < -0.3 is 10.4 Å². The van der Waals surface area contributed by atoms with Gasteiger partial charge in [-0.2, -0.15) is 0 Å². The zero-order valence-corrected chi connectivity index (χ0v) is 10.1. The summed E-state index contributed by atoms with van der Waals surface area (Å²) in [6.07, 6.45) is 2.32. The zero-order chi connectivity index (χ0) is 12.3. The summed E-state index contributed by atoms with van der Waals surface area (Å²) < 4.78 is 13.1. The van der Waals surface area contributed by atoms with Crippen LogP contribution in [-0.2, 0) is 6.54 Å². The number of likely N-dealkylation sites (N-methyl/N-ethyl adjacent to an activating group) is 1. The Hall–Kier alpha value is -1.13. The van der Waals surface area contributed by atoms with Crippen LogP contribution in [-0.4, -0.2) is 36.2 Å². The molecule has 1 aliphatic rings. The first-order valence-electron chi connectivity index (χ1n) is 6.06. The van der Waals surface area contributed by atoms with Crippen molar-refractivity contribution in [3.8, 4) is 5.75 Å². The number of hydrogen-bond donors (Lipinski definition) is 2. The Morgan fingerprint density at radius 3 is 3.12 bits per heavy atom. The number of likely N-dealkylation sites (tertiary alicyclic amines) is 1. The van der Waals surface area contributed by atoms with Crippen LogP contribution >= 0.6 is 0 Å². The van der Waals surface area contributed by atoms with Crippen LogP contribution in [0.5, 0.6) is 5.75 Å². The van der Waals surface area contributed by atoms with E-state index >= 15 is 0 Å². The van der Waals surface area contributed by atoms with Crippen molar-refractivity contribution >= 4 is 0 Å². The van der Waals surface area contributed by atoms with Crippen molar-refractivity contribution < 1.29 is 9.50 Å². The molecule has 0 aliphatic carbocycles. The highest BCUT2D eigenvalue weighted by atomic mass is 19.1. The van der Waals surface area contributed by atoms with Gasteiger partial charge in [-0.3, -0.25) is 4.90 Å². The molecule has 3 nitrogen and oxygen atoms in total. The summed E-state index contributed by atoms with van der Waals surface area (Å²) >= 11 is 0. The molecule has 1 saturated heterocycles. The second kappa shape index (κ2) is 5.47. The van der Waals surface area contributed by atoms with Gasteiger partial charge in [0.1, 0.15) is 11.6 Å². The van der Waals surface area contributed by atoms with Gasteiger partial charge in [0.2, 0.25) is 0 Å². The van der Waals surface area contributed by atoms with Crippen molar-refractivity contribution in [1.82, 2.24) is 10.2 Å². The first-order valence-corrected chi connectivity index (χ1v) is 6.06. The summed E-state index contributed by atoms with van der Waals surface area (Å²) in [5.74, 6) is -0.113. The SMILES string of the molecule is CNC1CCCN(Cc2cc(F)ccc2O)C1. The van der Waals surface area contributed by atoms with Crippen LogP contribution in [0, 0.1) is 5.82 Å². The van der Waals surface area contributed by atoms with Crippen LogP contribution in [0.25, 0.3) is 0 Å². The number of benzene rings is 1. The maximum absolute atomic E-state index is 13.1. The lowest BCUT2D eigenvalue weighted by Gasteiger charge is -2.32. The van der Waals surface area contributed by atoms with Crippen LogP contribution in [0.2, 0.25) is 0 Å². The van der Waals surface area contributed by atoms with Crippen LogP contribution < -0.4 is 5.32 Å². The highest BCUT2D eigenvalue weighted by molar-refractivity contribution is 5.32. The number of rotatable bonds is 3. The smallest absolute Gasteiger partial charge is 0.123 e. The van der Waals surface area contributed by atoms with E-state index in [2.05, 4.69) is 10.2 Å². The summed E-state index contributed by atoms with van der Waals surface area (Å²) in [7, 11) is 1.97. The van der Waals surface area contributed by atoms with Gasteiger partial charge >= 0.3 is 0 Å². The molecule has 2 N–H and O–H groups in total. The van der Waals surface area contributed by atoms with Crippen molar-refractivity contribution in [2.75, 3.05) is 20.1 Å². The first kappa shape index (κ1) is 12.3. The number of halogens is 1. The van der Waals surface area contributed by atoms with Crippen molar-refractivity contribution in [3.05, 3.63) is 29.6 Å². The van der Waals surface area contributed by atoms with Crippen molar-refractivity contribution in [1.29, 1.82) is 0 Å². The number of nitrogens with zero attached hydrogens (tertiary/aromatic N) is 1. The molecule has 0 amide bonds. The molecule has 17 heavy (non-hydrogen) atoms. The quantitative estimate of drug-likeness (QED) is 0.841. The standard InChI is InChI=1S/C13H19FN2O/c1-15-12-3-2-6-16(9-12)8-10-7-11(14)4-5-13(10)17/h4-5,7,12,15,17H,2-3,6,8-9H2,1H3. The lowest BCUT2D eigenvalue weighted by molar-refractivity contribution is 0.186. The lowest BCUT2D eigenvalue weighted by atomic mass is 10.0. The normalized spacial score (nSPS) is 21.6. The second-order valence-electron chi connectivity index (χ2n) is 4.64. The fourth-order valence-electron chi connectivity index (χ4n) is 2.36. The monoisotopic (exact) mass is 238 g/mol. The Kier molecular flexibility index (Phi) is 3.97. The molecule has 0 saturated carbocycles. The Labute approximate surface area is 101 Å². The molecule has 1 fully saturated rings. The Bertz CT molecular complexity index is 384. The van der Waals surface area contributed by atoms with Gasteiger partial charge in [0.15, 0.2) is 0 Å². The van der Waals surface area contributed by atoms with Crippen LogP contribution in [0.15, 0.2) is 18.2 Å². The maximum atomic E-state index is 13.1. The number of piperidine rings is 1. The highest BCUT2D eigenvalue weighted by Crippen LogP contribution is 2.21. The molecule has 0 aromatic heterocycles. The van der Waals surface area contributed by atoms with E-state index in [1.165, 1.54) is 24.6 Å². The van der Waals surface area contributed by atoms with E-state index < -0.39 is 0 Å². The molecule has 1 heterocycles. The van der Waals surface area contributed by atoms with Gasteiger partial charge in [-0.05, 0) is 44.6 Å². The molecule has 1 aliphatic heterocycles. The van der Waals surface area contributed by atoms with E-state index in [-0.39, 0.29) is 11.6 Å². The van der Waals surface area contributed by atoms with Gasteiger partial charge in [-0.1, -0.05) is 0 Å². The number of hydrogen-bond acceptors (Lipinski definition) is 3. The van der Waals surface area contributed by atoms with Gasteiger partial charge in [0, 0.05) is 24.7 Å². The first-order chi connectivity index (χ1) is 8.19. The summed E-state index contributed by atoms with van der Waals surface area (Å²) in [5.41, 5.74) is 0.668. The Morgan fingerprint density at radius 2 is 2.35 bits per heavy atom. The third kappa shape index (κ3) is 3.17. The Balaban J connectivity index is 2.02. The van der Waals surface area contributed by atoms with E-state index in [1.807, 2.05) is 7.05 Å². The van der Waals surface area contributed by atoms with Gasteiger partial charge in [-0.25, -0.2) is 4.39 Å². The number of phenolic OH excluding ortho intramolecular Hbond substituents is 1.